The highest BCUT2D eigenvalue weighted by molar-refractivity contribution is 7.19. The number of likely N-dealkylation sites (N-methyl/N-ethyl adjacent to an activating group) is 1. The highest BCUT2D eigenvalue weighted by Crippen LogP contribution is 2.39. The first-order valence-electron chi connectivity index (χ1n) is 9.73. The number of rotatable bonds is 5. The predicted molar refractivity (Wildman–Crippen MR) is 105 cm³/mol. The van der Waals surface area contributed by atoms with Gasteiger partial charge in [-0.25, -0.2) is 9.97 Å². The Morgan fingerprint density at radius 3 is 2.85 bits per heavy atom. The lowest BCUT2D eigenvalue weighted by molar-refractivity contribution is -0.920. The second kappa shape index (κ2) is 7.48. The van der Waals surface area contributed by atoms with Crippen molar-refractivity contribution < 1.29 is 9.69 Å². The highest BCUT2D eigenvalue weighted by atomic mass is 32.1. The van der Waals surface area contributed by atoms with E-state index in [9.17, 15) is 4.79 Å². The predicted octanol–water partition coefficient (Wildman–Crippen LogP) is 1.15. The first kappa shape index (κ1) is 17.7. The molecule has 0 saturated carbocycles. The molecule has 2 aromatic rings. The molecular weight excluding hydrogens is 346 g/mol. The van der Waals surface area contributed by atoms with E-state index >= 15 is 0 Å². The van der Waals surface area contributed by atoms with E-state index in [1.54, 1.807) is 11.9 Å². The fourth-order valence-corrected chi connectivity index (χ4v) is 5.35. The third-order valence-electron chi connectivity index (χ3n) is 5.70. The third kappa shape index (κ3) is 3.55. The van der Waals surface area contributed by atoms with Crippen LogP contribution >= 0.6 is 11.3 Å². The molecule has 140 valence electrons. The van der Waals surface area contributed by atoms with Crippen molar-refractivity contribution in [3.8, 4) is 0 Å². The van der Waals surface area contributed by atoms with Crippen molar-refractivity contribution in [3.05, 3.63) is 16.3 Å². The minimum absolute atomic E-state index is 0.0270. The van der Waals surface area contributed by atoms with Crippen molar-refractivity contribution in [3.63, 3.8) is 0 Å². The highest BCUT2D eigenvalue weighted by Gasteiger charge is 2.25. The van der Waals surface area contributed by atoms with Crippen molar-refractivity contribution in [1.82, 2.24) is 15.3 Å². The second-order valence-corrected chi connectivity index (χ2v) is 8.75. The van der Waals surface area contributed by atoms with Gasteiger partial charge in [-0.3, -0.25) is 4.79 Å². The average molecular weight is 375 g/mol. The number of nitrogens with zero attached hydrogens (tertiary/aromatic N) is 2. The van der Waals surface area contributed by atoms with Crippen molar-refractivity contribution >= 4 is 33.3 Å². The van der Waals surface area contributed by atoms with E-state index in [0.29, 0.717) is 0 Å². The summed E-state index contributed by atoms with van der Waals surface area (Å²) in [6.07, 6.45) is 6.03. The molecule has 6 nitrogen and oxygen atoms in total. The number of likely N-dealkylation sites (tertiary alicyclic amines) is 1. The van der Waals surface area contributed by atoms with E-state index in [4.69, 9.17) is 9.97 Å². The Morgan fingerprint density at radius 1 is 1.27 bits per heavy atom. The molecule has 26 heavy (non-hydrogen) atoms. The molecule has 0 unspecified atom stereocenters. The van der Waals surface area contributed by atoms with Crippen LogP contribution in [0.25, 0.3) is 10.2 Å². The largest absolute Gasteiger partial charge is 0.360 e. The summed E-state index contributed by atoms with van der Waals surface area (Å²) in [6.45, 7) is 5.86. The number of carbonyl (C=O) groups is 1. The maximum atomic E-state index is 11.7. The molecule has 1 fully saturated rings. The van der Waals surface area contributed by atoms with Gasteiger partial charge in [-0.2, -0.15) is 0 Å². The zero-order chi connectivity index (χ0) is 18.1. The van der Waals surface area contributed by atoms with Gasteiger partial charge in [0.25, 0.3) is 0 Å². The molecule has 3 heterocycles. The van der Waals surface area contributed by atoms with Gasteiger partial charge in [0.2, 0.25) is 5.91 Å². The second-order valence-electron chi connectivity index (χ2n) is 7.66. The lowest BCUT2D eigenvalue weighted by Crippen LogP contribution is -3.11. The smallest absolute Gasteiger partial charge is 0.239 e. The molecule has 0 spiro atoms. The summed E-state index contributed by atoms with van der Waals surface area (Å²) < 4.78 is 0. The molecule has 2 aromatic heterocycles. The molecular formula is C19H28N5OS+. The van der Waals surface area contributed by atoms with E-state index in [1.807, 2.05) is 11.3 Å². The molecule has 3 N–H and O–H groups in total. The zero-order valence-corrected chi connectivity index (χ0v) is 16.5. The summed E-state index contributed by atoms with van der Waals surface area (Å²) in [6, 6.07) is 0. The number of hydrogen-bond acceptors (Lipinski definition) is 5. The first-order chi connectivity index (χ1) is 12.6. The number of amides is 1. The van der Waals surface area contributed by atoms with Gasteiger partial charge in [-0.15, -0.1) is 11.3 Å². The van der Waals surface area contributed by atoms with E-state index in [-0.39, 0.29) is 12.5 Å². The summed E-state index contributed by atoms with van der Waals surface area (Å²) in [5.41, 5.74) is 1.40. The number of quaternary nitrogens is 1. The Morgan fingerprint density at radius 2 is 2.08 bits per heavy atom. The van der Waals surface area contributed by atoms with Crippen molar-refractivity contribution in [1.29, 1.82) is 0 Å². The van der Waals surface area contributed by atoms with Gasteiger partial charge < -0.3 is 15.5 Å². The molecule has 4 rings (SSSR count). The fourth-order valence-electron chi connectivity index (χ4n) is 4.07. The fraction of sp³-hybridized carbons (Fsp3) is 0.632. The molecule has 1 saturated heterocycles. The standard InChI is InChI=1S/C19H27N5OS/c1-12-6-8-24(9-7-12)11-15-22-18(21-10-16(25)20-2)17-13-4-3-5-14(13)26-19(17)23-15/h12H,3-11H2,1-2H3,(H,20,25)(H,21,22,23)/p+1. The topological polar surface area (TPSA) is 71.3 Å². The van der Waals surface area contributed by atoms with Gasteiger partial charge in [0.1, 0.15) is 17.2 Å². The Labute approximate surface area is 158 Å². The molecule has 0 atom stereocenters. The van der Waals surface area contributed by atoms with Crippen LogP contribution in [-0.4, -0.2) is 42.6 Å². The van der Waals surface area contributed by atoms with E-state index in [0.717, 1.165) is 47.2 Å². The Kier molecular flexibility index (Phi) is 5.09. The summed E-state index contributed by atoms with van der Waals surface area (Å²) in [5.74, 6) is 2.56. The van der Waals surface area contributed by atoms with Gasteiger partial charge in [-0.1, -0.05) is 6.92 Å². The molecule has 1 amide bonds. The van der Waals surface area contributed by atoms with Crippen LogP contribution in [-0.2, 0) is 24.2 Å². The normalized spacial score (nSPS) is 22.4. The van der Waals surface area contributed by atoms with Crippen molar-refractivity contribution in [2.75, 3.05) is 32.0 Å². The van der Waals surface area contributed by atoms with Crippen LogP contribution in [0.4, 0.5) is 5.82 Å². The lowest BCUT2D eigenvalue weighted by atomic mass is 9.99. The molecule has 1 aliphatic heterocycles. The monoisotopic (exact) mass is 374 g/mol. The molecule has 7 heteroatoms. The number of carbonyl (C=O) groups excluding carboxylic acids is 1. The number of fused-ring (bicyclic) bond motifs is 3. The van der Waals surface area contributed by atoms with Crippen LogP contribution in [0.2, 0.25) is 0 Å². The average Bonchev–Trinajstić information content (AvgIpc) is 3.22. The van der Waals surface area contributed by atoms with Crippen LogP contribution < -0.4 is 15.5 Å². The van der Waals surface area contributed by atoms with Gasteiger partial charge in [0.05, 0.1) is 25.0 Å². The number of nitrogens with one attached hydrogen (secondary N) is 3. The maximum absolute atomic E-state index is 11.7. The lowest BCUT2D eigenvalue weighted by Gasteiger charge is -2.26. The van der Waals surface area contributed by atoms with E-state index < -0.39 is 0 Å². The number of thiophene rings is 1. The maximum Gasteiger partial charge on any atom is 0.239 e. The Hall–Kier alpha value is -1.73. The number of anilines is 1. The number of piperidine rings is 1. The third-order valence-corrected chi connectivity index (χ3v) is 6.88. The number of aromatic nitrogens is 2. The summed E-state index contributed by atoms with van der Waals surface area (Å²) in [4.78, 5) is 25.6. The Bertz CT molecular complexity index is 810. The van der Waals surface area contributed by atoms with Crippen LogP contribution in [0.5, 0.6) is 0 Å². The van der Waals surface area contributed by atoms with Gasteiger partial charge >= 0.3 is 0 Å². The minimum Gasteiger partial charge on any atom is -0.360 e. The summed E-state index contributed by atoms with van der Waals surface area (Å²) >= 11 is 1.82. The van der Waals surface area contributed by atoms with E-state index in [1.165, 1.54) is 42.8 Å². The molecule has 0 bridgehead atoms. The first-order valence-corrected chi connectivity index (χ1v) is 10.5. The quantitative estimate of drug-likeness (QED) is 0.734. The van der Waals surface area contributed by atoms with Crippen LogP contribution in [0, 0.1) is 5.92 Å². The Balaban J connectivity index is 1.63. The number of hydrogen-bond donors (Lipinski definition) is 3. The van der Waals surface area contributed by atoms with Gasteiger partial charge in [-0.05, 0) is 43.6 Å². The van der Waals surface area contributed by atoms with Crippen LogP contribution in [0.1, 0.15) is 42.5 Å². The molecule has 1 aliphatic carbocycles. The SMILES string of the molecule is CNC(=O)CNc1nc(C[NH+]2CCC(C)CC2)nc2sc3c(c12)CCC3. The molecule has 2 aliphatic rings. The molecule has 0 aromatic carbocycles. The van der Waals surface area contributed by atoms with Gasteiger partial charge in [0, 0.05) is 11.9 Å². The zero-order valence-electron chi connectivity index (χ0n) is 15.7. The molecule has 0 radical (unpaired) electrons. The summed E-state index contributed by atoms with van der Waals surface area (Å²) in [7, 11) is 1.66. The van der Waals surface area contributed by atoms with E-state index in [2.05, 4.69) is 17.6 Å². The minimum atomic E-state index is -0.0270. The number of aryl methyl sites for hydroxylation is 2. The van der Waals surface area contributed by atoms with Crippen LogP contribution in [0.15, 0.2) is 0 Å². The summed E-state index contributed by atoms with van der Waals surface area (Å²) in [5, 5.41) is 7.09. The van der Waals surface area contributed by atoms with Crippen molar-refractivity contribution in [2.45, 2.75) is 45.6 Å². The van der Waals surface area contributed by atoms with Gasteiger partial charge in [0.15, 0.2) is 5.82 Å². The van der Waals surface area contributed by atoms with Crippen LogP contribution in [0.3, 0.4) is 0 Å². The van der Waals surface area contributed by atoms with Crippen molar-refractivity contribution in [2.24, 2.45) is 5.92 Å².